The molecule has 2 aliphatic rings. The van der Waals surface area contributed by atoms with Crippen LogP contribution in [-0.4, -0.2) is 43.1 Å². The molecule has 1 aromatic rings. The molecule has 2 heterocycles. The first-order valence-corrected chi connectivity index (χ1v) is 8.90. The highest BCUT2D eigenvalue weighted by Gasteiger charge is 2.31. The van der Waals surface area contributed by atoms with E-state index in [1.165, 1.54) is 0 Å². The highest BCUT2D eigenvalue weighted by molar-refractivity contribution is 6.31. The average molecular weight is 364 g/mol. The summed E-state index contributed by atoms with van der Waals surface area (Å²) in [6, 6.07) is 7.70. The Labute approximate surface area is 152 Å². The summed E-state index contributed by atoms with van der Waals surface area (Å²) < 4.78 is 5.11. The summed E-state index contributed by atoms with van der Waals surface area (Å²) in [6.45, 7) is 3.62. The van der Waals surface area contributed by atoms with Gasteiger partial charge in [-0.1, -0.05) is 29.8 Å². The van der Waals surface area contributed by atoms with Crippen molar-refractivity contribution in [3.8, 4) is 0 Å². The second kappa shape index (κ2) is 7.89. The van der Waals surface area contributed by atoms with Crippen LogP contribution < -0.4 is 10.6 Å². The second-order valence-electron chi connectivity index (χ2n) is 6.14. The molecule has 1 fully saturated rings. The van der Waals surface area contributed by atoms with E-state index in [1.54, 1.807) is 6.92 Å². The lowest BCUT2D eigenvalue weighted by molar-refractivity contribution is -0.138. The second-order valence-corrected chi connectivity index (χ2v) is 6.54. The molecule has 0 aliphatic carbocycles. The van der Waals surface area contributed by atoms with E-state index in [-0.39, 0.29) is 18.6 Å². The Morgan fingerprint density at radius 3 is 2.96 bits per heavy atom. The number of amides is 2. The molecule has 25 heavy (non-hydrogen) atoms. The van der Waals surface area contributed by atoms with Gasteiger partial charge in [-0.3, -0.25) is 4.90 Å². The summed E-state index contributed by atoms with van der Waals surface area (Å²) in [5.41, 5.74) is 2.17. The van der Waals surface area contributed by atoms with Crippen LogP contribution in [0.15, 0.2) is 35.5 Å². The van der Waals surface area contributed by atoms with Crippen LogP contribution in [0, 0.1) is 0 Å². The number of benzene rings is 1. The van der Waals surface area contributed by atoms with Crippen LogP contribution in [0.25, 0.3) is 0 Å². The quantitative estimate of drug-likeness (QED) is 0.789. The van der Waals surface area contributed by atoms with E-state index in [0.717, 1.165) is 30.0 Å². The van der Waals surface area contributed by atoms with Gasteiger partial charge in [0.1, 0.15) is 0 Å². The number of hydrogen-bond acceptors (Lipinski definition) is 4. The van der Waals surface area contributed by atoms with Gasteiger partial charge >= 0.3 is 12.0 Å². The number of carbonyl (C=O) groups excluding carboxylic acids is 2. The minimum Gasteiger partial charge on any atom is -0.463 e. The molecule has 2 N–H and O–H groups in total. The highest BCUT2D eigenvalue weighted by atomic mass is 35.5. The molecule has 0 unspecified atom stereocenters. The maximum atomic E-state index is 12.2. The largest absolute Gasteiger partial charge is 0.463 e. The van der Waals surface area contributed by atoms with Crippen LogP contribution in [0.2, 0.25) is 5.02 Å². The molecule has 0 saturated carbocycles. The molecule has 0 spiro atoms. The molecule has 134 valence electrons. The SMILES string of the molecule is CCOC(=O)C1=C(CN2CCC[C@H]2c2ccccc2Cl)NC(=O)NC1. The van der Waals surface area contributed by atoms with Crippen molar-refractivity contribution in [1.82, 2.24) is 15.5 Å². The third-order valence-corrected chi connectivity index (χ3v) is 4.91. The molecule has 0 aromatic heterocycles. The predicted octanol–water partition coefficient (Wildman–Crippen LogP) is 2.61. The van der Waals surface area contributed by atoms with E-state index in [2.05, 4.69) is 15.5 Å². The van der Waals surface area contributed by atoms with Gasteiger partial charge in [0, 0.05) is 23.3 Å². The molecule has 1 atom stereocenters. The number of urea groups is 1. The minimum absolute atomic E-state index is 0.177. The van der Waals surface area contributed by atoms with Crippen molar-refractivity contribution in [2.45, 2.75) is 25.8 Å². The van der Waals surface area contributed by atoms with Crippen molar-refractivity contribution in [2.24, 2.45) is 0 Å². The predicted molar refractivity (Wildman–Crippen MR) is 95.2 cm³/mol. The highest BCUT2D eigenvalue weighted by Crippen LogP contribution is 2.36. The number of ether oxygens (including phenoxy) is 1. The topological polar surface area (TPSA) is 70.7 Å². The van der Waals surface area contributed by atoms with Crippen LogP contribution in [0.4, 0.5) is 4.79 Å². The van der Waals surface area contributed by atoms with Crippen molar-refractivity contribution >= 4 is 23.6 Å². The molecule has 6 nitrogen and oxygen atoms in total. The molecule has 0 radical (unpaired) electrons. The minimum atomic E-state index is -0.390. The maximum Gasteiger partial charge on any atom is 0.337 e. The van der Waals surface area contributed by atoms with E-state index in [1.807, 2.05) is 24.3 Å². The van der Waals surface area contributed by atoms with Gasteiger partial charge in [-0.2, -0.15) is 0 Å². The number of nitrogens with zero attached hydrogens (tertiary/aromatic N) is 1. The Bertz CT molecular complexity index is 705. The Hall–Kier alpha value is -2.05. The zero-order valence-electron chi connectivity index (χ0n) is 14.2. The number of carbonyl (C=O) groups is 2. The lowest BCUT2D eigenvalue weighted by Gasteiger charge is -2.29. The number of likely N-dealkylation sites (tertiary alicyclic amines) is 1. The number of halogens is 1. The normalized spacial score (nSPS) is 21.0. The van der Waals surface area contributed by atoms with Gasteiger partial charge in [0.15, 0.2) is 0 Å². The molecule has 1 aromatic carbocycles. The third kappa shape index (κ3) is 3.96. The van der Waals surface area contributed by atoms with Gasteiger partial charge in [0.05, 0.1) is 18.7 Å². The summed E-state index contributed by atoms with van der Waals surface area (Å²) in [4.78, 5) is 26.2. The fourth-order valence-corrected chi connectivity index (χ4v) is 3.66. The summed E-state index contributed by atoms with van der Waals surface area (Å²) in [5, 5.41) is 6.15. The third-order valence-electron chi connectivity index (χ3n) is 4.57. The van der Waals surface area contributed by atoms with Gasteiger partial charge in [0.2, 0.25) is 0 Å². The Morgan fingerprint density at radius 1 is 1.40 bits per heavy atom. The lowest BCUT2D eigenvalue weighted by Crippen LogP contribution is -2.46. The van der Waals surface area contributed by atoms with Gasteiger partial charge in [-0.15, -0.1) is 0 Å². The summed E-state index contributed by atoms with van der Waals surface area (Å²) in [7, 11) is 0. The monoisotopic (exact) mass is 363 g/mol. The number of hydrogen-bond donors (Lipinski definition) is 2. The van der Waals surface area contributed by atoms with E-state index >= 15 is 0 Å². The van der Waals surface area contributed by atoms with Crippen LogP contribution in [-0.2, 0) is 9.53 Å². The summed E-state index contributed by atoms with van der Waals surface area (Å²) >= 11 is 6.36. The molecular weight excluding hydrogens is 342 g/mol. The molecule has 2 amide bonds. The summed E-state index contributed by atoms with van der Waals surface area (Å²) in [5.74, 6) is -0.390. The van der Waals surface area contributed by atoms with Gasteiger partial charge in [-0.25, -0.2) is 9.59 Å². The summed E-state index contributed by atoms with van der Waals surface area (Å²) in [6.07, 6.45) is 2.04. The first-order chi connectivity index (χ1) is 12.1. The van der Waals surface area contributed by atoms with E-state index in [9.17, 15) is 9.59 Å². The van der Waals surface area contributed by atoms with Crippen LogP contribution in [0.1, 0.15) is 31.4 Å². The van der Waals surface area contributed by atoms with Crippen molar-refractivity contribution < 1.29 is 14.3 Å². The van der Waals surface area contributed by atoms with Crippen molar-refractivity contribution in [3.63, 3.8) is 0 Å². The zero-order chi connectivity index (χ0) is 17.8. The fraction of sp³-hybridized carbons (Fsp3) is 0.444. The Balaban J connectivity index is 1.84. The Morgan fingerprint density at radius 2 is 2.20 bits per heavy atom. The average Bonchev–Trinajstić information content (AvgIpc) is 3.03. The van der Waals surface area contributed by atoms with Gasteiger partial charge < -0.3 is 15.4 Å². The number of rotatable bonds is 5. The number of nitrogens with one attached hydrogen (secondary N) is 2. The fourth-order valence-electron chi connectivity index (χ4n) is 3.40. The smallest absolute Gasteiger partial charge is 0.337 e. The van der Waals surface area contributed by atoms with Crippen molar-refractivity contribution in [2.75, 3.05) is 26.2 Å². The van der Waals surface area contributed by atoms with Gasteiger partial charge in [0.25, 0.3) is 0 Å². The molecule has 2 aliphatic heterocycles. The molecule has 1 saturated heterocycles. The molecule has 7 heteroatoms. The van der Waals surface area contributed by atoms with E-state index < -0.39 is 5.97 Å². The standard InChI is InChI=1S/C18H22ClN3O3/c1-2-25-17(23)13-10-20-18(24)21-15(13)11-22-9-5-8-16(22)12-6-3-4-7-14(12)19/h3-4,6-7,16H,2,5,8-11H2,1H3,(H2,20,21,24)/t16-/m0/s1. The van der Waals surface area contributed by atoms with E-state index in [0.29, 0.717) is 24.4 Å². The van der Waals surface area contributed by atoms with Crippen molar-refractivity contribution in [1.29, 1.82) is 0 Å². The lowest BCUT2D eigenvalue weighted by atomic mass is 10.0. The zero-order valence-corrected chi connectivity index (χ0v) is 14.9. The Kier molecular flexibility index (Phi) is 5.60. The van der Waals surface area contributed by atoms with Gasteiger partial charge in [-0.05, 0) is 37.9 Å². The van der Waals surface area contributed by atoms with E-state index in [4.69, 9.17) is 16.3 Å². The molecular formula is C18H22ClN3O3. The maximum absolute atomic E-state index is 12.2. The van der Waals surface area contributed by atoms with Crippen LogP contribution >= 0.6 is 11.6 Å². The first kappa shape index (κ1) is 17.8. The first-order valence-electron chi connectivity index (χ1n) is 8.52. The van der Waals surface area contributed by atoms with Crippen LogP contribution in [0.3, 0.4) is 0 Å². The van der Waals surface area contributed by atoms with Crippen molar-refractivity contribution in [3.05, 3.63) is 46.1 Å². The number of esters is 1. The molecule has 3 rings (SSSR count). The van der Waals surface area contributed by atoms with Crippen LogP contribution in [0.5, 0.6) is 0 Å². The molecule has 0 bridgehead atoms.